The van der Waals surface area contributed by atoms with Crippen LogP contribution in [0.1, 0.15) is 30.1 Å². The van der Waals surface area contributed by atoms with Gasteiger partial charge in [-0.25, -0.2) is 0 Å². The molecule has 0 aliphatic heterocycles. The molecule has 1 atom stereocenters. The van der Waals surface area contributed by atoms with Crippen LogP contribution in [0.4, 0.5) is 0 Å². The van der Waals surface area contributed by atoms with Crippen molar-refractivity contribution in [3.8, 4) is 11.5 Å². The molecule has 0 fully saturated rings. The molecule has 0 aliphatic rings. The maximum absolute atomic E-state index is 11.9. The van der Waals surface area contributed by atoms with E-state index in [0.29, 0.717) is 30.0 Å². The van der Waals surface area contributed by atoms with Gasteiger partial charge >= 0.3 is 0 Å². The number of aliphatic hydroxyl groups is 1. The van der Waals surface area contributed by atoms with Crippen LogP contribution in [0.3, 0.4) is 0 Å². The topological polar surface area (TPSA) is 67.8 Å². The Bertz CT molecular complexity index is 658. The van der Waals surface area contributed by atoms with Gasteiger partial charge in [-0.15, -0.1) is 0 Å². The van der Waals surface area contributed by atoms with Crippen molar-refractivity contribution in [2.45, 2.75) is 25.5 Å². The van der Waals surface area contributed by atoms with Gasteiger partial charge in [-0.1, -0.05) is 30.3 Å². The average Bonchev–Trinajstić information content (AvgIpc) is 2.64. The number of nitrogens with one attached hydrogen (secondary N) is 1. The number of carbonyl (C=O) groups is 1. The fourth-order valence-electron chi connectivity index (χ4n) is 2.40. The van der Waals surface area contributed by atoms with Crippen LogP contribution in [0.25, 0.3) is 0 Å². The summed E-state index contributed by atoms with van der Waals surface area (Å²) in [6.45, 7) is 0.488. The lowest BCUT2D eigenvalue weighted by Crippen LogP contribution is -2.23. The zero-order valence-corrected chi connectivity index (χ0v) is 14.0. The van der Waals surface area contributed by atoms with Gasteiger partial charge in [0, 0.05) is 24.6 Å². The summed E-state index contributed by atoms with van der Waals surface area (Å²) in [5.41, 5.74) is 1.69. The Labute approximate surface area is 142 Å². The standard InChI is InChI=1S/C19H23NO4/c1-23-15-8-9-16(18(12-15)24-2)17(21)10-11-19(22)20-13-14-6-4-3-5-7-14/h3-9,12,17,21H,10-11,13H2,1-2H3,(H,20,22). The molecule has 24 heavy (non-hydrogen) atoms. The highest BCUT2D eigenvalue weighted by atomic mass is 16.5. The zero-order valence-electron chi connectivity index (χ0n) is 14.0. The molecule has 2 aromatic rings. The maximum atomic E-state index is 11.9. The fraction of sp³-hybridized carbons (Fsp3) is 0.316. The van der Waals surface area contributed by atoms with Crippen molar-refractivity contribution in [2.75, 3.05) is 14.2 Å². The first-order valence-electron chi connectivity index (χ1n) is 7.84. The molecule has 1 amide bonds. The molecule has 0 aliphatic carbocycles. The highest BCUT2D eigenvalue weighted by Crippen LogP contribution is 2.31. The van der Waals surface area contributed by atoms with E-state index in [2.05, 4.69) is 5.32 Å². The predicted molar refractivity (Wildman–Crippen MR) is 92.0 cm³/mol. The molecule has 0 saturated heterocycles. The number of aliphatic hydroxyl groups excluding tert-OH is 1. The summed E-state index contributed by atoms with van der Waals surface area (Å²) in [5, 5.41) is 13.2. The number of methoxy groups -OCH3 is 2. The highest BCUT2D eigenvalue weighted by Gasteiger charge is 2.15. The minimum Gasteiger partial charge on any atom is -0.497 e. The van der Waals surface area contributed by atoms with E-state index >= 15 is 0 Å². The minimum absolute atomic E-state index is 0.0922. The molecule has 1 unspecified atom stereocenters. The Hall–Kier alpha value is -2.53. The first kappa shape index (κ1) is 17.8. The van der Waals surface area contributed by atoms with Gasteiger partial charge in [0.15, 0.2) is 0 Å². The highest BCUT2D eigenvalue weighted by molar-refractivity contribution is 5.75. The van der Waals surface area contributed by atoms with Crippen LogP contribution < -0.4 is 14.8 Å². The summed E-state index contributed by atoms with van der Waals surface area (Å²) in [6, 6.07) is 14.9. The van der Waals surface area contributed by atoms with E-state index in [0.717, 1.165) is 5.56 Å². The van der Waals surface area contributed by atoms with Crippen molar-refractivity contribution in [3.63, 3.8) is 0 Å². The van der Waals surface area contributed by atoms with Crippen molar-refractivity contribution in [2.24, 2.45) is 0 Å². The summed E-state index contributed by atoms with van der Waals surface area (Å²) in [7, 11) is 3.11. The molecule has 128 valence electrons. The summed E-state index contributed by atoms with van der Waals surface area (Å²) < 4.78 is 10.4. The molecule has 5 heteroatoms. The quantitative estimate of drug-likeness (QED) is 0.781. The third-order valence-corrected chi connectivity index (χ3v) is 3.78. The third kappa shape index (κ3) is 4.99. The van der Waals surface area contributed by atoms with Crippen molar-refractivity contribution in [1.29, 1.82) is 0 Å². The van der Waals surface area contributed by atoms with E-state index in [9.17, 15) is 9.90 Å². The van der Waals surface area contributed by atoms with Gasteiger partial charge in [0.1, 0.15) is 11.5 Å². The van der Waals surface area contributed by atoms with Gasteiger partial charge in [0.25, 0.3) is 0 Å². The van der Waals surface area contributed by atoms with Crippen LogP contribution in [0.5, 0.6) is 11.5 Å². The largest absolute Gasteiger partial charge is 0.497 e. The number of hydrogen-bond acceptors (Lipinski definition) is 4. The first-order chi connectivity index (χ1) is 11.6. The summed E-state index contributed by atoms with van der Waals surface area (Å²) in [4.78, 5) is 11.9. The normalized spacial score (nSPS) is 11.6. The lowest BCUT2D eigenvalue weighted by molar-refractivity contribution is -0.121. The van der Waals surface area contributed by atoms with Gasteiger partial charge in [-0.05, 0) is 24.1 Å². The number of carbonyl (C=O) groups excluding carboxylic acids is 1. The molecule has 0 radical (unpaired) electrons. The Morgan fingerprint density at radius 3 is 2.54 bits per heavy atom. The van der Waals surface area contributed by atoms with Crippen molar-refractivity contribution < 1.29 is 19.4 Å². The first-order valence-corrected chi connectivity index (χ1v) is 7.84. The number of benzene rings is 2. The Morgan fingerprint density at radius 2 is 1.88 bits per heavy atom. The van der Waals surface area contributed by atoms with Crippen LogP contribution in [0, 0.1) is 0 Å². The SMILES string of the molecule is COc1ccc(C(O)CCC(=O)NCc2ccccc2)c(OC)c1. The summed E-state index contributed by atoms with van der Waals surface area (Å²) >= 11 is 0. The van der Waals surface area contributed by atoms with E-state index in [-0.39, 0.29) is 12.3 Å². The Kier molecular flexibility index (Phi) is 6.63. The van der Waals surface area contributed by atoms with E-state index < -0.39 is 6.10 Å². The van der Waals surface area contributed by atoms with Crippen molar-refractivity contribution in [1.82, 2.24) is 5.32 Å². The third-order valence-electron chi connectivity index (χ3n) is 3.78. The molecule has 5 nitrogen and oxygen atoms in total. The molecular formula is C19H23NO4. The van der Waals surface area contributed by atoms with Crippen molar-refractivity contribution in [3.05, 3.63) is 59.7 Å². The molecule has 0 saturated carbocycles. The van der Waals surface area contributed by atoms with Gasteiger partial charge in [0.2, 0.25) is 5.91 Å². The van der Waals surface area contributed by atoms with E-state index in [1.54, 1.807) is 25.3 Å². The van der Waals surface area contributed by atoms with Gasteiger partial charge < -0.3 is 19.9 Å². The summed E-state index contributed by atoms with van der Waals surface area (Å²) in [6.07, 6.45) is -0.208. The van der Waals surface area contributed by atoms with Crippen LogP contribution >= 0.6 is 0 Å². The predicted octanol–water partition coefficient (Wildman–Crippen LogP) is 2.83. The smallest absolute Gasteiger partial charge is 0.220 e. The van der Waals surface area contributed by atoms with Crippen molar-refractivity contribution >= 4 is 5.91 Å². The molecule has 2 rings (SSSR count). The van der Waals surface area contributed by atoms with E-state index in [4.69, 9.17) is 9.47 Å². The van der Waals surface area contributed by atoms with Crippen LogP contribution in [0.2, 0.25) is 0 Å². The molecule has 2 N–H and O–H groups in total. The minimum atomic E-state index is -0.770. The van der Waals surface area contributed by atoms with Crippen LogP contribution in [-0.4, -0.2) is 25.2 Å². The monoisotopic (exact) mass is 329 g/mol. The van der Waals surface area contributed by atoms with Crippen LogP contribution in [0.15, 0.2) is 48.5 Å². The second-order valence-electron chi connectivity index (χ2n) is 5.42. The molecule has 0 spiro atoms. The van der Waals surface area contributed by atoms with Gasteiger partial charge in [-0.2, -0.15) is 0 Å². The number of hydrogen-bond donors (Lipinski definition) is 2. The molecular weight excluding hydrogens is 306 g/mol. The number of rotatable bonds is 8. The Balaban J connectivity index is 1.86. The van der Waals surface area contributed by atoms with Crippen LogP contribution in [-0.2, 0) is 11.3 Å². The second kappa shape index (κ2) is 8.93. The van der Waals surface area contributed by atoms with E-state index in [1.165, 1.54) is 7.11 Å². The summed E-state index contributed by atoms with van der Waals surface area (Å²) in [5.74, 6) is 1.11. The molecule has 0 bridgehead atoms. The van der Waals surface area contributed by atoms with Gasteiger partial charge in [-0.3, -0.25) is 4.79 Å². The maximum Gasteiger partial charge on any atom is 0.220 e. The molecule has 0 aromatic heterocycles. The second-order valence-corrected chi connectivity index (χ2v) is 5.42. The fourth-order valence-corrected chi connectivity index (χ4v) is 2.40. The molecule has 2 aromatic carbocycles. The lowest BCUT2D eigenvalue weighted by atomic mass is 10.0. The lowest BCUT2D eigenvalue weighted by Gasteiger charge is -2.15. The Morgan fingerprint density at radius 1 is 1.12 bits per heavy atom. The average molecular weight is 329 g/mol. The van der Waals surface area contributed by atoms with Gasteiger partial charge in [0.05, 0.1) is 20.3 Å². The van der Waals surface area contributed by atoms with E-state index in [1.807, 2.05) is 30.3 Å². The zero-order chi connectivity index (χ0) is 17.4. The number of amides is 1. The number of ether oxygens (including phenoxy) is 2. The molecule has 0 heterocycles.